The molecule has 1 unspecified atom stereocenters. The molecule has 0 fully saturated rings. The first-order valence-corrected chi connectivity index (χ1v) is 7.96. The van der Waals surface area contributed by atoms with E-state index in [1.165, 1.54) is 13.8 Å². The summed E-state index contributed by atoms with van der Waals surface area (Å²) in [6.45, 7) is 2.37. The number of esters is 1. The summed E-state index contributed by atoms with van der Waals surface area (Å²) in [5.74, 6) is -4.31. The Kier molecular flexibility index (Phi) is 6.07. The van der Waals surface area contributed by atoms with Crippen molar-refractivity contribution in [2.24, 2.45) is 0 Å². The number of rotatable bonds is 4. The lowest BCUT2D eigenvalue weighted by molar-refractivity contribution is -0.140. The van der Waals surface area contributed by atoms with Gasteiger partial charge in [-0.1, -0.05) is 6.07 Å². The van der Waals surface area contributed by atoms with Crippen molar-refractivity contribution in [1.82, 2.24) is 5.32 Å². The second-order valence-corrected chi connectivity index (χ2v) is 5.79. The van der Waals surface area contributed by atoms with Crippen LogP contribution in [0.1, 0.15) is 30.9 Å². The molecule has 0 amide bonds. The number of benzene rings is 1. The number of alkyl halides is 5. The van der Waals surface area contributed by atoms with Crippen molar-refractivity contribution < 1.29 is 35.9 Å². The molecule has 28 heavy (non-hydrogen) atoms. The molecule has 4 nitrogen and oxygen atoms in total. The Morgan fingerprint density at radius 3 is 2.50 bits per heavy atom. The second kappa shape index (κ2) is 7.96. The highest BCUT2D eigenvalue weighted by molar-refractivity contribution is 5.93. The SMILES string of the molecule is CCOC(=O)C1=C(C(F)F)NC(C)=C(C#N)C1c1ccc(F)cc1C(F)(F)F. The summed E-state index contributed by atoms with van der Waals surface area (Å²) in [6.07, 6.45) is -8.31. The van der Waals surface area contributed by atoms with Gasteiger partial charge in [0, 0.05) is 5.70 Å². The Morgan fingerprint density at radius 2 is 2.00 bits per heavy atom. The van der Waals surface area contributed by atoms with Gasteiger partial charge in [0.15, 0.2) is 0 Å². The van der Waals surface area contributed by atoms with Crippen LogP contribution in [0.2, 0.25) is 0 Å². The number of hydrogen-bond donors (Lipinski definition) is 1. The number of dihydropyridines is 1. The van der Waals surface area contributed by atoms with E-state index >= 15 is 0 Å². The number of nitrogens with zero attached hydrogens (tertiary/aromatic N) is 1. The van der Waals surface area contributed by atoms with Crippen LogP contribution in [-0.2, 0) is 15.7 Å². The molecule has 1 aliphatic rings. The molecule has 2 rings (SSSR count). The molecule has 1 aliphatic heterocycles. The lowest BCUT2D eigenvalue weighted by Crippen LogP contribution is -2.33. The zero-order valence-electron chi connectivity index (χ0n) is 14.6. The third-order valence-corrected chi connectivity index (χ3v) is 4.06. The largest absolute Gasteiger partial charge is 0.463 e. The maximum atomic E-state index is 13.5. The van der Waals surface area contributed by atoms with Crippen LogP contribution in [0.5, 0.6) is 0 Å². The van der Waals surface area contributed by atoms with E-state index < -0.39 is 52.7 Å². The first-order valence-electron chi connectivity index (χ1n) is 7.96. The van der Waals surface area contributed by atoms with Gasteiger partial charge in [-0.15, -0.1) is 0 Å². The standard InChI is InChI=1S/C18H14F6N2O2/c1-3-28-17(27)14-13(11(7-25)8(2)26-15(14)16(20)21)10-5-4-9(19)6-12(10)18(22,23)24/h4-6,13,16,26H,3H2,1-2H3. The maximum Gasteiger partial charge on any atom is 0.416 e. The predicted octanol–water partition coefficient (Wildman–Crippen LogP) is 4.41. The molecule has 1 N–H and O–H groups in total. The van der Waals surface area contributed by atoms with E-state index in [0.29, 0.717) is 6.07 Å². The molecule has 0 radical (unpaired) electrons. The highest BCUT2D eigenvalue weighted by Gasteiger charge is 2.43. The fourth-order valence-corrected chi connectivity index (χ4v) is 2.95. The van der Waals surface area contributed by atoms with Gasteiger partial charge in [-0.2, -0.15) is 18.4 Å². The lowest BCUT2D eigenvalue weighted by Gasteiger charge is -2.30. The summed E-state index contributed by atoms with van der Waals surface area (Å²) in [6, 6.07) is 3.26. The zero-order chi connectivity index (χ0) is 21.2. The van der Waals surface area contributed by atoms with Gasteiger partial charge in [0.1, 0.15) is 5.82 Å². The molecule has 0 bridgehead atoms. The first kappa shape index (κ1) is 21.3. The van der Waals surface area contributed by atoms with Crippen LogP contribution in [0.3, 0.4) is 0 Å². The molecule has 150 valence electrons. The second-order valence-electron chi connectivity index (χ2n) is 5.79. The van der Waals surface area contributed by atoms with Gasteiger partial charge in [-0.3, -0.25) is 0 Å². The van der Waals surface area contributed by atoms with Gasteiger partial charge in [-0.05, 0) is 31.5 Å². The van der Waals surface area contributed by atoms with E-state index in [1.807, 2.05) is 0 Å². The molecule has 0 spiro atoms. The molecule has 1 aromatic rings. The van der Waals surface area contributed by atoms with Gasteiger partial charge in [0.2, 0.25) is 0 Å². The van der Waals surface area contributed by atoms with Gasteiger partial charge in [-0.25, -0.2) is 18.0 Å². The van der Waals surface area contributed by atoms with Crippen molar-refractivity contribution in [1.29, 1.82) is 5.26 Å². The molecule has 0 saturated carbocycles. The quantitative estimate of drug-likeness (QED) is 0.597. The third kappa shape index (κ3) is 3.98. The van der Waals surface area contributed by atoms with Gasteiger partial charge < -0.3 is 10.1 Å². The van der Waals surface area contributed by atoms with E-state index in [1.54, 1.807) is 6.07 Å². The molecule has 1 aromatic carbocycles. The van der Waals surface area contributed by atoms with Crippen molar-refractivity contribution in [2.45, 2.75) is 32.4 Å². The van der Waals surface area contributed by atoms with Crippen LogP contribution in [0.25, 0.3) is 0 Å². The molecular weight excluding hydrogens is 390 g/mol. The number of carbonyl (C=O) groups is 1. The average molecular weight is 404 g/mol. The van der Waals surface area contributed by atoms with E-state index in [0.717, 1.165) is 6.07 Å². The zero-order valence-corrected chi connectivity index (χ0v) is 14.6. The monoisotopic (exact) mass is 404 g/mol. The van der Waals surface area contributed by atoms with E-state index in [9.17, 15) is 36.4 Å². The normalized spacial score (nSPS) is 17.5. The smallest absolute Gasteiger partial charge is 0.416 e. The van der Waals surface area contributed by atoms with Crippen LogP contribution >= 0.6 is 0 Å². The van der Waals surface area contributed by atoms with Crippen LogP contribution in [0, 0.1) is 17.1 Å². The number of carbonyl (C=O) groups excluding carboxylic acids is 1. The van der Waals surface area contributed by atoms with Crippen LogP contribution in [0.4, 0.5) is 26.3 Å². The Labute approximate surface area is 156 Å². The van der Waals surface area contributed by atoms with Gasteiger partial charge in [0.05, 0.1) is 41.0 Å². The van der Waals surface area contributed by atoms with Crippen molar-refractivity contribution in [3.05, 3.63) is 57.7 Å². The van der Waals surface area contributed by atoms with E-state index in [-0.39, 0.29) is 23.9 Å². The van der Waals surface area contributed by atoms with E-state index in [2.05, 4.69) is 5.32 Å². The van der Waals surface area contributed by atoms with Crippen molar-refractivity contribution in [3.8, 4) is 6.07 Å². The average Bonchev–Trinajstić information content (AvgIpc) is 2.60. The summed E-state index contributed by atoms with van der Waals surface area (Å²) in [4.78, 5) is 12.4. The van der Waals surface area contributed by atoms with Crippen LogP contribution in [0.15, 0.2) is 40.7 Å². The Morgan fingerprint density at radius 1 is 1.36 bits per heavy atom. The van der Waals surface area contributed by atoms with Crippen molar-refractivity contribution >= 4 is 5.97 Å². The van der Waals surface area contributed by atoms with Crippen molar-refractivity contribution in [2.75, 3.05) is 6.61 Å². The molecule has 0 aromatic heterocycles. The number of allylic oxidation sites excluding steroid dienone is 3. The summed E-state index contributed by atoms with van der Waals surface area (Å²) in [5, 5.41) is 11.6. The summed E-state index contributed by atoms with van der Waals surface area (Å²) in [7, 11) is 0. The Hall–Kier alpha value is -2.96. The lowest BCUT2D eigenvalue weighted by atomic mass is 9.79. The van der Waals surface area contributed by atoms with Gasteiger partial charge in [0.25, 0.3) is 6.43 Å². The number of nitriles is 1. The fraction of sp³-hybridized carbons (Fsp3) is 0.333. The van der Waals surface area contributed by atoms with E-state index in [4.69, 9.17) is 4.74 Å². The molecule has 0 saturated heterocycles. The third-order valence-electron chi connectivity index (χ3n) is 4.06. The summed E-state index contributed by atoms with van der Waals surface area (Å²) in [5.41, 5.74) is -4.49. The predicted molar refractivity (Wildman–Crippen MR) is 85.3 cm³/mol. The maximum absolute atomic E-state index is 13.5. The highest BCUT2D eigenvalue weighted by atomic mass is 19.4. The number of halogens is 6. The topological polar surface area (TPSA) is 62.1 Å². The number of ether oxygens (including phenoxy) is 1. The minimum Gasteiger partial charge on any atom is -0.463 e. The highest BCUT2D eigenvalue weighted by Crippen LogP contribution is 2.44. The van der Waals surface area contributed by atoms with Crippen LogP contribution < -0.4 is 5.32 Å². The molecular formula is C18H14F6N2O2. The fourth-order valence-electron chi connectivity index (χ4n) is 2.95. The Bertz CT molecular complexity index is 896. The molecule has 0 aliphatic carbocycles. The Balaban J connectivity index is 2.88. The molecule has 1 heterocycles. The minimum atomic E-state index is -5.05. The summed E-state index contributed by atoms with van der Waals surface area (Å²) < 4.78 is 85.7. The van der Waals surface area contributed by atoms with Crippen LogP contribution in [-0.4, -0.2) is 19.0 Å². The number of nitrogens with one attached hydrogen (secondary N) is 1. The first-order chi connectivity index (χ1) is 13.0. The minimum absolute atomic E-state index is 0.145. The van der Waals surface area contributed by atoms with Crippen molar-refractivity contribution in [3.63, 3.8) is 0 Å². The number of hydrogen-bond acceptors (Lipinski definition) is 4. The molecule has 10 heteroatoms. The summed E-state index contributed by atoms with van der Waals surface area (Å²) >= 11 is 0. The van der Waals surface area contributed by atoms with Gasteiger partial charge >= 0.3 is 12.1 Å². The molecule has 1 atom stereocenters.